The molecule has 2 N–H and O–H groups in total. The summed E-state index contributed by atoms with van der Waals surface area (Å²) in [7, 11) is 5.79. The first-order valence-corrected chi connectivity index (χ1v) is 7.92. The highest BCUT2D eigenvalue weighted by Crippen LogP contribution is 2.28. The second-order valence-corrected chi connectivity index (χ2v) is 6.08. The van der Waals surface area contributed by atoms with Crippen LogP contribution in [0.3, 0.4) is 0 Å². The van der Waals surface area contributed by atoms with Gasteiger partial charge in [-0.3, -0.25) is 10.1 Å². The van der Waals surface area contributed by atoms with Gasteiger partial charge in [0.05, 0.1) is 48.9 Å². The first-order chi connectivity index (χ1) is 11.4. The number of nitro benzene ring substituents is 1. The molecule has 2 rings (SSSR count). The first kappa shape index (κ1) is 18.0. The highest BCUT2D eigenvalue weighted by molar-refractivity contribution is 6.33. The number of benzene rings is 2. The normalized spacial score (nSPS) is 12.0. The number of non-ortho nitro benzene ring substituents is 1. The van der Waals surface area contributed by atoms with Crippen molar-refractivity contribution in [2.45, 2.75) is 6.04 Å². The zero-order valence-electron chi connectivity index (χ0n) is 13.9. The van der Waals surface area contributed by atoms with Crippen LogP contribution in [0.2, 0.25) is 5.02 Å². The number of para-hydroxylation sites is 1. The van der Waals surface area contributed by atoms with Gasteiger partial charge in [0.25, 0.3) is 5.69 Å². The number of nitrogens with zero attached hydrogens (tertiary/aromatic N) is 1. The number of methoxy groups -OCH3 is 1. The maximum Gasteiger partial charge on any atom is 0.271 e. The number of anilines is 1. The van der Waals surface area contributed by atoms with Crippen LogP contribution in [0, 0.1) is 10.1 Å². The van der Waals surface area contributed by atoms with Crippen molar-refractivity contribution < 1.29 is 14.6 Å². The molecular weight excluding hydrogens is 330 g/mol. The van der Waals surface area contributed by atoms with E-state index in [9.17, 15) is 10.1 Å². The molecular formula is C17H21ClN3O3+. The van der Waals surface area contributed by atoms with Crippen molar-refractivity contribution in [1.29, 1.82) is 0 Å². The number of hydrogen-bond acceptors (Lipinski definition) is 4. The highest BCUT2D eigenvalue weighted by atomic mass is 35.5. The Hall–Kier alpha value is -2.31. The molecule has 0 aliphatic heterocycles. The van der Waals surface area contributed by atoms with Crippen LogP contribution in [0.4, 0.5) is 11.4 Å². The summed E-state index contributed by atoms with van der Waals surface area (Å²) in [6, 6.07) is 12.4. The molecule has 0 amide bonds. The zero-order valence-corrected chi connectivity index (χ0v) is 14.6. The molecule has 0 saturated carbocycles. The minimum atomic E-state index is -0.461. The van der Waals surface area contributed by atoms with Crippen molar-refractivity contribution in [2.24, 2.45) is 0 Å². The Morgan fingerprint density at radius 3 is 2.58 bits per heavy atom. The maximum atomic E-state index is 10.8. The molecule has 0 unspecified atom stereocenters. The molecule has 1 atom stereocenters. The fourth-order valence-electron chi connectivity index (χ4n) is 2.55. The molecule has 0 spiro atoms. The van der Waals surface area contributed by atoms with Gasteiger partial charge in [0, 0.05) is 12.1 Å². The molecule has 128 valence electrons. The van der Waals surface area contributed by atoms with Gasteiger partial charge in [0.1, 0.15) is 11.8 Å². The fraction of sp³-hybridized carbons (Fsp3) is 0.294. The second-order valence-electron chi connectivity index (χ2n) is 5.67. The lowest BCUT2D eigenvalue weighted by molar-refractivity contribution is -0.890. The number of likely N-dealkylation sites (N-methyl/N-ethyl adjacent to an activating group) is 1. The van der Waals surface area contributed by atoms with Gasteiger partial charge in [-0.1, -0.05) is 23.7 Å². The van der Waals surface area contributed by atoms with Gasteiger partial charge in [-0.15, -0.1) is 0 Å². The Morgan fingerprint density at radius 1 is 1.29 bits per heavy atom. The number of nitro groups is 1. The van der Waals surface area contributed by atoms with E-state index < -0.39 is 4.92 Å². The summed E-state index contributed by atoms with van der Waals surface area (Å²) in [5.74, 6) is 0.834. The van der Waals surface area contributed by atoms with E-state index in [-0.39, 0.29) is 11.7 Å². The smallest absolute Gasteiger partial charge is 0.271 e. The van der Waals surface area contributed by atoms with Gasteiger partial charge in [-0.25, -0.2) is 0 Å². The van der Waals surface area contributed by atoms with Gasteiger partial charge in [0.2, 0.25) is 0 Å². The van der Waals surface area contributed by atoms with E-state index >= 15 is 0 Å². The molecule has 0 fully saturated rings. The van der Waals surface area contributed by atoms with Gasteiger partial charge >= 0.3 is 0 Å². The summed E-state index contributed by atoms with van der Waals surface area (Å²) in [5, 5.41) is 14.4. The topological polar surface area (TPSA) is 68.8 Å². The van der Waals surface area contributed by atoms with Crippen LogP contribution in [0.15, 0.2) is 42.5 Å². The number of ether oxygens (including phenoxy) is 1. The van der Waals surface area contributed by atoms with E-state index in [0.29, 0.717) is 17.3 Å². The molecule has 2 aromatic rings. The molecule has 0 bridgehead atoms. The monoisotopic (exact) mass is 350 g/mol. The zero-order chi connectivity index (χ0) is 17.7. The molecule has 0 radical (unpaired) electrons. The molecule has 0 aliphatic rings. The quantitative estimate of drug-likeness (QED) is 0.595. The van der Waals surface area contributed by atoms with Crippen molar-refractivity contribution in [3.05, 3.63) is 63.2 Å². The predicted octanol–water partition coefficient (Wildman–Crippen LogP) is 2.55. The maximum absolute atomic E-state index is 10.8. The number of rotatable bonds is 7. The number of quaternary nitrogens is 1. The summed E-state index contributed by atoms with van der Waals surface area (Å²) in [6.07, 6.45) is 0. The van der Waals surface area contributed by atoms with Crippen molar-refractivity contribution in [1.82, 2.24) is 0 Å². The molecule has 0 aromatic heterocycles. The van der Waals surface area contributed by atoms with Crippen LogP contribution in [0.25, 0.3) is 0 Å². The third-order valence-electron chi connectivity index (χ3n) is 3.87. The SMILES string of the molecule is COc1ccccc1[C@H](CNc1ccc([N+](=O)[O-])cc1Cl)[NH+](C)C. The van der Waals surface area contributed by atoms with Crippen molar-refractivity contribution >= 4 is 23.0 Å². The highest BCUT2D eigenvalue weighted by Gasteiger charge is 2.22. The summed E-state index contributed by atoms with van der Waals surface area (Å²) < 4.78 is 5.45. The largest absolute Gasteiger partial charge is 0.496 e. The summed E-state index contributed by atoms with van der Waals surface area (Å²) in [5.41, 5.74) is 1.74. The van der Waals surface area contributed by atoms with Crippen LogP contribution in [0.5, 0.6) is 5.75 Å². The minimum absolute atomic E-state index is 0.0231. The van der Waals surface area contributed by atoms with Crippen LogP contribution < -0.4 is 15.0 Å². The number of halogens is 1. The lowest BCUT2D eigenvalue weighted by Crippen LogP contribution is -3.06. The number of nitrogens with one attached hydrogen (secondary N) is 2. The van der Waals surface area contributed by atoms with Crippen molar-refractivity contribution in [3.63, 3.8) is 0 Å². The van der Waals surface area contributed by atoms with Crippen LogP contribution in [0.1, 0.15) is 11.6 Å². The molecule has 0 saturated heterocycles. The summed E-state index contributed by atoms with van der Waals surface area (Å²) in [4.78, 5) is 11.6. The van der Waals surface area contributed by atoms with Crippen LogP contribution >= 0.6 is 11.6 Å². The Kier molecular flexibility index (Phi) is 6.00. The van der Waals surface area contributed by atoms with E-state index in [0.717, 1.165) is 11.3 Å². The van der Waals surface area contributed by atoms with Gasteiger partial charge < -0.3 is 15.0 Å². The van der Waals surface area contributed by atoms with Gasteiger partial charge in [-0.2, -0.15) is 0 Å². The molecule has 0 heterocycles. The van der Waals surface area contributed by atoms with Crippen molar-refractivity contribution in [2.75, 3.05) is 33.1 Å². The van der Waals surface area contributed by atoms with E-state index in [4.69, 9.17) is 16.3 Å². The predicted molar refractivity (Wildman–Crippen MR) is 95.1 cm³/mol. The lowest BCUT2D eigenvalue weighted by Gasteiger charge is -2.24. The Balaban J connectivity index is 2.19. The number of hydrogen-bond donors (Lipinski definition) is 2. The van der Waals surface area contributed by atoms with E-state index in [1.54, 1.807) is 13.2 Å². The third-order valence-corrected chi connectivity index (χ3v) is 4.18. The Bertz CT molecular complexity index is 722. The molecule has 7 heteroatoms. The van der Waals surface area contributed by atoms with Crippen LogP contribution in [-0.2, 0) is 0 Å². The average Bonchev–Trinajstić information content (AvgIpc) is 2.56. The second kappa shape index (κ2) is 7.99. The molecule has 6 nitrogen and oxygen atoms in total. The Labute approximate surface area is 146 Å². The standard InChI is InChI=1S/C17H20ClN3O3/c1-20(2)16(13-6-4-5-7-17(13)24-3)11-19-15-9-8-12(21(22)23)10-14(15)18/h4-10,16,19H,11H2,1-3H3/p+1/t16-/m0/s1. The van der Waals surface area contributed by atoms with E-state index in [1.807, 2.05) is 24.3 Å². The summed E-state index contributed by atoms with van der Waals surface area (Å²) in [6.45, 7) is 0.611. The van der Waals surface area contributed by atoms with E-state index in [2.05, 4.69) is 19.4 Å². The van der Waals surface area contributed by atoms with Crippen LogP contribution in [-0.4, -0.2) is 32.7 Å². The van der Waals surface area contributed by atoms with Gasteiger partial charge in [-0.05, 0) is 18.2 Å². The fourth-order valence-corrected chi connectivity index (χ4v) is 2.79. The lowest BCUT2D eigenvalue weighted by atomic mass is 10.0. The van der Waals surface area contributed by atoms with E-state index in [1.165, 1.54) is 17.0 Å². The Morgan fingerprint density at radius 2 is 2.00 bits per heavy atom. The summed E-state index contributed by atoms with van der Waals surface area (Å²) >= 11 is 6.14. The van der Waals surface area contributed by atoms with Gasteiger partial charge in [0.15, 0.2) is 0 Å². The first-order valence-electron chi connectivity index (χ1n) is 7.54. The third kappa shape index (κ3) is 4.15. The molecule has 2 aromatic carbocycles. The minimum Gasteiger partial charge on any atom is -0.496 e. The molecule has 24 heavy (non-hydrogen) atoms. The molecule has 0 aliphatic carbocycles. The average molecular weight is 351 g/mol. The van der Waals surface area contributed by atoms with Crippen molar-refractivity contribution in [3.8, 4) is 5.75 Å².